The normalized spacial score (nSPS) is 10.6. The molecule has 0 radical (unpaired) electrons. The molecular weight excluding hydrogens is 286 g/mol. The molecule has 0 atom stereocenters. The maximum absolute atomic E-state index is 5.94. The lowest BCUT2D eigenvalue weighted by Crippen LogP contribution is -1.98. The standard InChI is InChI=1S/C12H14ClN3S2/c1-2-6-14-12-15-11(16-18-12)8-17-10-5-3-4-9(13)7-10/h3-5,7H,2,6,8H2,1H3,(H,14,15,16). The monoisotopic (exact) mass is 299 g/mol. The van der Waals surface area contributed by atoms with Crippen LogP contribution in [-0.4, -0.2) is 15.9 Å². The van der Waals surface area contributed by atoms with Crippen LogP contribution in [0.5, 0.6) is 0 Å². The number of hydrogen-bond donors (Lipinski definition) is 1. The number of nitrogens with zero attached hydrogens (tertiary/aromatic N) is 2. The summed E-state index contributed by atoms with van der Waals surface area (Å²) in [6.07, 6.45) is 1.09. The minimum Gasteiger partial charge on any atom is -0.360 e. The molecule has 0 aliphatic rings. The largest absolute Gasteiger partial charge is 0.360 e. The van der Waals surface area contributed by atoms with Crippen molar-refractivity contribution in [3.8, 4) is 0 Å². The number of halogens is 1. The molecule has 1 heterocycles. The molecule has 2 rings (SSSR count). The number of rotatable bonds is 6. The Morgan fingerprint density at radius 2 is 2.33 bits per heavy atom. The highest BCUT2D eigenvalue weighted by atomic mass is 35.5. The number of benzene rings is 1. The molecular formula is C12H14ClN3S2. The van der Waals surface area contributed by atoms with E-state index < -0.39 is 0 Å². The summed E-state index contributed by atoms with van der Waals surface area (Å²) in [7, 11) is 0. The second kappa shape index (κ2) is 6.97. The molecule has 0 amide bonds. The van der Waals surface area contributed by atoms with Crippen LogP contribution in [0.25, 0.3) is 0 Å². The first kappa shape index (κ1) is 13.6. The molecule has 1 aromatic heterocycles. The van der Waals surface area contributed by atoms with Crippen LogP contribution in [0.2, 0.25) is 5.02 Å². The molecule has 0 aliphatic heterocycles. The molecule has 6 heteroatoms. The van der Waals surface area contributed by atoms with E-state index in [1.54, 1.807) is 11.8 Å². The molecule has 1 N–H and O–H groups in total. The highest BCUT2D eigenvalue weighted by Crippen LogP contribution is 2.25. The molecule has 2 aromatic rings. The molecule has 0 bridgehead atoms. The zero-order chi connectivity index (χ0) is 12.8. The van der Waals surface area contributed by atoms with Gasteiger partial charge < -0.3 is 5.32 Å². The zero-order valence-corrected chi connectivity index (χ0v) is 12.4. The summed E-state index contributed by atoms with van der Waals surface area (Å²) < 4.78 is 4.32. The number of anilines is 1. The van der Waals surface area contributed by atoms with E-state index in [-0.39, 0.29) is 0 Å². The Morgan fingerprint density at radius 1 is 1.44 bits per heavy atom. The molecule has 0 unspecified atom stereocenters. The van der Waals surface area contributed by atoms with E-state index in [9.17, 15) is 0 Å². The van der Waals surface area contributed by atoms with Crippen molar-refractivity contribution in [1.29, 1.82) is 0 Å². The highest BCUT2D eigenvalue weighted by molar-refractivity contribution is 7.98. The van der Waals surface area contributed by atoms with E-state index in [4.69, 9.17) is 11.6 Å². The van der Waals surface area contributed by atoms with Gasteiger partial charge in [0.2, 0.25) is 5.13 Å². The topological polar surface area (TPSA) is 37.8 Å². The van der Waals surface area contributed by atoms with Gasteiger partial charge in [0.25, 0.3) is 0 Å². The van der Waals surface area contributed by atoms with Gasteiger partial charge >= 0.3 is 0 Å². The number of thioether (sulfide) groups is 1. The number of hydrogen-bond acceptors (Lipinski definition) is 5. The molecule has 0 aliphatic carbocycles. The fraction of sp³-hybridized carbons (Fsp3) is 0.333. The van der Waals surface area contributed by atoms with E-state index >= 15 is 0 Å². The lowest BCUT2D eigenvalue weighted by Gasteiger charge is -1.99. The highest BCUT2D eigenvalue weighted by Gasteiger charge is 2.04. The van der Waals surface area contributed by atoms with Crippen LogP contribution in [0.4, 0.5) is 5.13 Å². The predicted molar refractivity (Wildman–Crippen MR) is 79.7 cm³/mol. The van der Waals surface area contributed by atoms with Crippen molar-refractivity contribution in [3.63, 3.8) is 0 Å². The Kier molecular flexibility index (Phi) is 5.28. The zero-order valence-electron chi connectivity index (χ0n) is 10.0. The SMILES string of the molecule is CCCNc1nc(CSc2cccc(Cl)c2)ns1. The van der Waals surface area contributed by atoms with E-state index in [0.29, 0.717) is 0 Å². The Bertz CT molecular complexity index is 502. The van der Waals surface area contributed by atoms with Gasteiger partial charge in [-0.3, -0.25) is 0 Å². The van der Waals surface area contributed by atoms with Gasteiger partial charge in [-0.2, -0.15) is 4.37 Å². The van der Waals surface area contributed by atoms with Crippen LogP contribution in [-0.2, 0) is 5.75 Å². The lowest BCUT2D eigenvalue weighted by atomic mass is 10.4. The van der Waals surface area contributed by atoms with Gasteiger partial charge in [-0.1, -0.05) is 24.6 Å². The van der Waals surface area contributed by atoms with Gasteiger partial charge in [0.05, 0.1) is 5.75 Å². The van der Waals surface area contributed by atoms with Gasteiger partial charge in [0, 0.05) is 28.0 Å². The lowest BCUT2D eigenvalue weighted by molar-refractivity contribution is 0.972. The summed E-state index contributed by atoms with van der Waals surface area (Å²) in [5, 5.41) is 4.90. The second-order valence-corrected chi connectivity index (χ2v) is 5.93. The molecule has 0 fully saturated rings. The molecule has 18 heavy (non-hydrogen) atoms. The number of nitrogens with one attached hydrogen (secondary N) is 1. The van der Waals surface area contributed by atoms with Crippen LogP contribution >= 0.6 is 34.9 Å². The van der Waals surface area contributed by atoms with E-state index in [0.717, 1.165) is 39.6 Å². The smallest absolute Gasteiger partial charge is 0.202 e. The van der Waals surface area contributed by atoms with Crippen molar-refractivity contribution in [2.45, 2.75) is 24.0 Å². The third kappa shape index (κ3) is 4.15. The van der Waals surface area contributed by atoms with Crippen molar-refractivity contribution < 1.29 is 0 Å². The molecule has 3 nitrogen and oxygen atoms in total. The van der Waals surface area contributed by atoms with Gasteiger partial charge in [0.1, 0.15) is 0 Å². The maximum Gasteiger partial charge on any atom is 0.202 e. The molecule has 0 saturated heterocycles. The average molecular weight is 300 g/mol. The number of aromatic nitrogens is 2. The van der Waals surface area contributed by atoms with Crippen molar-refractivity contribution >= 4 is 40.0 Å². The fourth-order valence-electron chi connectivity index (χ4n) is 1.32. The van der Waals surface area contributed by atoms with E-state index in [1.165, 1.54) is 11.5 Å². The molecule has 96 valence electrons. The van der Waals surface area contributed by atoms with Crippen LogP contribution < -0.4 is 5.32 Å². The third-order valence-electron chi connectivity index (χ3n) is 2.16. The molecule has 0 saturated carbocycles. The Hall–Kier alpha value is -0.780. The molecule has 1 aromatic carbocycles. The van der Waals surface area contributed by atoms with E-state index in [2.05, 4.69) is 21.6 Å². The Morgan fingerprint density at radius 3 is 3.11 bits per heavy atom. The molecule has 0 spiro atoms. The first-order chi connectivity index (χ1) is 8.78. The second-order valence-electron chi connectivity index (χ2n) is 3.69. The Labute approximate surface area is 120 Å². The fourth-order valence-corrected chi connectivity index (χ4v) is 3.08. The minimum absolute atomic E-state index is 0.761. The van der Waals surface area contributed by atoms with Crippen molar-refractivity contribution in [3.05, 3.63) is 35.1 Å². The maximum atomic E-state index is 5.94. The van der Waals surface area contributed by atoms with E-state index in [1.807, 2.05) is 24.3 Å². The average Bonchev–Trinajstić information content (AvgIpc) is 2.82. The van der Waals surface area contributed by atoms with Crippen LogP contribution in [0, 0.1) is 0 Å². The predicted octanol–water partition coefficient (Wildman–Crippen LogP) is 4.31. The van der Waals surface area contributed by atoms with Gasteiger partial charge in [-0.15, -0.1) is 11.8 Å². The van der Waals surface area contributed by atoms with Crippen LogP contribution in [0.15, 0.2) is 29.2 Å². The summed E-state index contributed by atoms with van der Waals surface area (Å²) in [6, 6.07) is 7.82. The van der Waals surface area contributed by atoms with Crippen molar-refractivity contribution in [1.82, 2.24) is 9.36 Å². The van der Waals surface area contributed by atoms with Crippen LogP contribution in [0.3, 0.4) is 0 Å². The summed E-state index contributed by atoms with van der Waals surface area (Å²) in [4.78, 5) is 5.57. The summed E-state index contributed by atoms with van der Waals surface area (Å²) in [6.45, 7) is 3.07. The third-order valence-corrected chi connectivity index (χ3v) is 4.09. The van der Waals surface area contributed by atoms with Gasteiger partial charge in [0.15, 0.2) is 5.82 Å². The Balaban J connectivity index is 1.88. The first-order valence-corrected chi connectivity index (χ1v) is 7.86. The first-order valence-electron chi connectivity index (χ1n) is 5.72. The summed E-state index contributed by atoms with van der Waals surface area (Å²) >= 11 is 9.05. The van der Waals surface area contributed by atoms with Gasteiger partial charge in [-0.25, -0.2) is 4.98 Å². The quantitative estimate of drug-likeness (QED) is 0.807. The van der Waals surface area contributed by atoms with Gasteiger partial charge in [-0.05, 0) is 24.6 Å². The minimum atomic E-state index is 0.761. The summed E-state index contributed by atoms with van der Waals surface area (Å²) in [5.41, 5.74) is 0. The summed E-state index contributed by atoms with van der Waals surface area (Å²) in [5.74, 6) is 1.63. The van der Waals surface area contributed by atoms with Crippen molar-refractivity contribution in [2.24, 2.45) is 0 Å². The van der Waals surface area contributed by atoms with Crippen molar-refractivity contribution in [2.75, 3.05) is 11.9 Å². The van der Waals surface area contributed by atoms with Crippen LogP contribution in [0.1, 0.15) is 19.2 Å².